The number of piperidine rings is 1. The number of nitrogens with two attached hydrogens (primary N) is 1. The van der Waals surface area contributed by atoms with E-state index < -0.39 is 0 Å². The molecule has 0 aliphatic carbocycles. The Morgan fingerprint density at radius 1 is 0.805 bits per heavy atom. The molecular weight excluding hydrogens is 506 g/mol. The monoisotopic (exact) mass is 545 g/mol. The Morgan fingerprint density at radius 2 is 1.41 bits per heavy atom. The van der Waals surface area contributed by atoms with Crippen LogP contribution in [0.15, 0.2) is 103 Å². The first-order valence-corrected chi connectivity index (χ1v) is 14.4. The number of nitrogens with zero attached hydrogens (tertiary/aromatic N) is 1. The lowest BCUT2D eigenvalue weighted by Crippen LogP contribution is -2.38. The molecule has 5 rings (SSSR count). The minimum atomic E-state index is -0.254. The van der Waals surface area contributed by atoms with Crippen LogP contribution in [0, 0.1) is 5.92 Å². The fourth-order valence-corrected chi connectivity index (χ4v) is 5.86. The maximum atomic E-state index is 13.3. The largest absolute Gasteiger partial charge is 0.372 e. The van der Waals surface area contributed by atoms with Crippen LogP contribution in [0.25, 0.3) is 11.1 Å². The molecule has 3 N–H and O–H groups in total. The van der Waals surface area contributed by atoms with Gasteiger partial charge in [-0.05, 0) is 76.8 Å². The highest BCUT2D eigenvalue weighted by Gasteiger charge is 2.31. The molecule has 1 unspecified atom stereocenters. The molecule has 1 atom stereocenters. The van der Waals surface area contributed by atoms with Crippen molar-refractivity contribution in [2.45, 2.75) is 44.9 Å². The summed E-state index contributed by atoms with van der Waals surface area (Å²) in [5.41, 5.74) is 12.6. The van der Waals surface area contributed by atoms with Crippen molar-refractivity contribution in [3.63, 3.8) is 0 Å². The van der Waals surface area contributed by atoms with E-state index in [1.165, 1.54) is 5.56 Å². The molecule has 210 valence electrons. The first-order valence-electron chi connectivity index (χ1n) is 14.4. The van der Waals surface area contributed by atoms with E-state index in [1.54, 1.807) is 0 Å². The zero-order chi connectivity index (χ0) is 29.0. The van der Waals surface area contributed by atoms with Gasteiger partial charge in [-0.3, -0.25) is 9.59 Å². The topological polar surface area (TPSA) is 75.4 Å². The van der Waals surface area contributed by atoms with Crippen LogP contribution in [0.3, 0.4) is 0 Å². The Kier molecular flexibility index (Phi) is 8.25. The fourth-order valence-electron chi connectivity index (χ4n) is 5.86. The minimum absolute atomic E-state index is 0.0750. The van der Waals surface area contributed by atoms with Crippen LogP contribution in [-0.2, 0) is 10.2 Å². The van der Waals surface area contributed by atoms with Crippen LogP contribution in [0.1, 0.15) is 61.0 Å². The molecule has 5 heteroatoms. The number of amides is 2. The number of anilines is 2. The quantitative estimate of drug-likeness (QED) is 0.254. The van der Waals surface area contributed by atoms with Crippen molar-refractivity contribution in [3.05, 3.63) is 120 Å². The standard InChI is InChI=1S/C36H39N3O2/c1-36(2,3)28-15-13-25(14-16-28)31-11-7-8-12-32(31)35(41)38-29-17-19-30(20-18-29)39-23-21-27(22-24-39)33(34(37)40)26-9-5-4-6-10-26/h4-20,27,33H,21-24H2,1-3H3,(H2,37,40)(H,38,41). The number of benzene rings is 4. The highest BCUT2D eigenvalue weighted by molar-refractivity contribution is 6.08. The highest BCUT2D eigenvalue weighted by atomic mass is 16.2. The van der Waals surface area contributed by atoms with Gasteiger partial charge in [0.05, 0.1) is 5.92 Å². The van der Waals surface area contributed by atoms with Gasteiger partial charge in [-0.1, -0.05) is 93.6 Å². The van der Waals surface area contributed by atoms with Gasteiger partial charge in [-0.15, -0.1) is 0 Å². The lowest BCUT2D eigenvalue weighted by atomic mass is 9.79. The maximum Gasteiger partial charge on any atom is 0.256 e. The van der Waals surface area contributed by atoms with E-state index in [4.69, 9.17) is 5.73 Å². The highest BCUT2D eigenvalue weighted by Crippen LogP contribution is 2.34. The predicted octanol–water partition coefficient (Wildman–Crippen LogP) is 7.39. The molecule has 0 aromatic heterocycles. The van der Waals surface area contributed by atoms with Crippen molar-refractivity contribution in [2.75, 3.05) is 23.3 Å². The van der Waals surface area contributed by atoms with Crippen molar-refractivity contribution >= 4 is 23.2 Å². The van der Waals surface area contributed by atoms with E-state index in [0.29, 0.717) is 5.56 Å². The van der Waals surface area contributed by atoms with E-state index in [-0.39, 0.29) is 29.1 Å². The van der Waals surface area contributed by atoms with Crippen molar-refractivity contribution in [2.24, 2.45) is 11.7 Å². The summed E-state index contributed by atoms with van der Waals surface area (Å²) in [6.07, 6.45) is 1.79. The molecule has 5 nitrogen and oxygen atoms in total. The van der Waals surface area contributed by atoms with E-state index in [1.807, 2.05) is 66.7 Å². The third kappa shape index (κ3) is 6.51. The number of rotatable bonds is 7. The smallest absolute Gasteiger partial charge is 0.256 e. The van der Waals surface area contributed by atoms with Crippen molar-refractivity contribution in [1.29, 1.82) is 0 Å². The summed E-state index contributed by atoms with van der Waals surface area (Å²) in [6, 6.07) is 34.1. The third-order valence-corrected chi connectivity index (χ3v) is 8.20. The van der Waals surface area contributed by atoms with Gasteiger partial charge < -0.3 is 16.0 Å². The third-order valence-electron chi connectivity index (χ3n) is 8.20. The lowest BCUT2D eigenvalue weighted by molar-refractivity contribution is -0.120. The van der Waals surface area contributed by atoms with E-state index in [9.17, 15) is 9.59 Å². The number of carbonyl (C=O) groups excluding carboxylic acids is 2. The molecule has 1 saturated heterocycles. The van der Waals surface area contributed by atoms with Crippen molar-refractivity contribution in [3.8, 4) is 11.1 Å². The van der Waals surface area contributed by atoms with Crippen LogP contribution in [0.2, 0.25) is 0 Å². The molecule has 1 aliphatic heterocycles. The van der Waals surface area contributed by atoms with Crippen LogP contribution in [0.4, 0.5) is 11.4 Å². The van der Waals surface area contributed by atoms with Crippen molar-refractivity contribution < 1.29 is 9.59 Å². The van der Waals surface area contributed by atoms with Gasteiger partial charge in [0, 0.05) is 30.0 Å². The molecule has 0 bridgehead atoms. The van der Waals surface area contributed by atoms with Gasteiger partial charge in [0.1, 0.15) is 0 Å². The number of hydrogen-bond acceptors (Lipinski definition) is 3. The van der Waals surface area contributed by atoms with Crippen LogP contribution >= 0.6 is 0 Å². The molecule has 0 spiro atoms. The van der Waals surface area contributed by atoms with Gasteiger partial charge in [0.15, 0.2) is 0 Å². The first kappa shape index (κ1) is 28.2. The summed E-state index contributed by atoms with van der Waals surface area (Å²) in [5.74, 6) is -0.407. The second kappa shape index (κ2) is 12.0. The van der Waals surface area contributed by atoms with Gasteiger partial charge in [0.25, 0.3) is 5.91 Å². The summed E-state index contributed by atoms with van der Waals surface area (Å²) >= 11 is 0. The molecule has 0 saturated carbocycles. The molecular formula is C36H39N3O2. The molecule has 1 heterocycles. The molecule has 1 fully saturated rings. The number of carbonyl (C=O) groups is 2. The normalized spacial score (nSPS) is 14.9. The molecule has 0 radical (unpaired) electrons. The fraction of sp³-hybridized carbons (Fsp3) is 0.278. The van der Waals surface area contributed by atoms with Gasteiger partial charge >= 0.3 is 0 Å². The summed E-state index contributed by atoms with van der Waals surface area (Å²) in [6.45, 7) is 8.30. The van der Waals surface area contributed by atoms with Gasteiger partial charge in [-0.2, -0.15) is 0 Å². The minimum Gasteiger partial charge on any atom is -0.372 e. The summed E-state index contributed by atoms with van der Waals surface area (Å²) in [5, 5.41) is 3.08. The lowest BCUT2D eigenvalue weighted by Gasteiger charge is -2.36. The zero-order valence-corrected chi connectivity index (χ0v) is 24.1. The Morgan fingerprint density at radius 3 is 2.02 bits per heavy atom. The molecule has 2 amide bonds. The Balaban J connectivity index is 1.23. The van der Waals surface area contributed by atoms with E-state index >= 15 is 0 Å². The molecule has 4 aromatic carbocycles. The van der Waals surface area contributed by atoms with E-state index in [2.05, 4.69) is 67.4 Å². The summed E-state index contributed by atoms with van der Waals surface area (Å²) < 4.78 is 0. The molecule has 4 aromatic rings. The maximum absolute atomic E-state index is 13.3. The SMILES string of the molecule is CC(C)(C)c1ccc(-c2ccccc2C(=O)Nc2ccc(N3CCC(C(C(N)=O)c4ccccc4)CC3)cc2)cc1. The van der Waals surface area contributed by atoms with Gasteiger partial charge in [0.2, 0.25) is 5.91 Å². The number of nitrogens with one attached hydrogen (secondary N) is 1. The number of primary amides is 1. The molecule has 1 aliphatic rings. The number of hydrogen-bond donors (Lipinski definition) is 2. The Bertz CT molecular complexity index is 1480. The first-order chi connectivity index (χ1) is 19.7. The van der Waals surface area contributed by atoms with Crippen molar-refractivity contribution in [1.82, 2.24) is 0 Å². The Hall–Kier alpha value is -4.38. The van der Waals surface area contributed by atoms with Crippen LogP contribution in [-0.4, -0.2) is 24.9 Å². The van der Waals surface area contributed by atoms with Crippen LogP contribution in [0.5, 0.6) is 0 Å². The summed E-state index contributed by atoms with van der Waals surface area (Å²) in [7, 11) is 0. The Labute approximate surface area is 243 Å². The predicted molar refractivity (Wildman–Crippen MR) is 168 cm³/mol. The second-order valence-electron chi connectivity index (χ2n) is 12.0. The van der Waals surface area contributed by atoms with E-state index in [0.717, 1.165) is 54.0 Å². The van der Waals surface area contributed by atoms with Crippen LogP contribution < -0.4 is 16.0 Å². The zero-order valence-electron chi connectivity index (χ0n) is 24.1. The second-order valence-corrected chi connectivity index (χ2v) is 12.0. The van der Waals surface area contributed by atoms with Gasteiger partial charge in [-0.25, -0.2) is 0 Å². The summed E-state index contributed by atoms with van der Waals surface area (Å²) in [4.78, 5) is 28.0. The average Bonchev–Trinajstić information content (AvgIpc) is 2.98. The average molecular weight is 546 g/mol. The molecule has 41 heavy (non-hydrogen) atoms.